The van der Waals surface area contributed by atoms with Gasteiger partial charge in [0, 0.05) is 23.6 Å². The highest BCUT2D eigenvalue weighted by molar-refractivity contribution is 5.83. The van der Waals surface area contributed by atoms with E-state index in [1.807, 2.05) is 61.5 Å². The standard InChI is InChI=1S/C21H23F2NO2/c1-15-10-17-8-9-18(26-13-16-6-4-3-5-7-16)11-19(17)24(15)21(2,14-25)12-20(22)23/h3-11,20,25H,12-14H2,1-2H3. The molecule has 0 aliphatic carbocycles. The van der Waals surface area contributed by atoms with E-state index in [1.54, 1.807) is 11.5 Å². The zero-order valence-corrected chi connectivity index (χ0v) is 15.0. The van der Waals surface area contributed by atoms with Crippen LogP contribution in [0.15, 0.2) is 54.6 Å². The maximum absolute atomic E-state index is 13.1. The third-order valence-electron chi connectivity index (χ3n) is 4.68. The molecule has 0 saturated carbocycles. The van der Waals surface area contributed by atoms with Crippen molar-refractivity contribution in [1.82, 2.24) is 4.57 Å². The van der Waals surface area contributed by atoms with Crippen LogP contribution in [0.1, 0.15) is 24.6 Å². The number of aromatic nitrogens is 1. The lowest BCUT2D eigenvalue weighted by atomic mass is 9.98. The number of alkyl halides is 2. The Morgan fingerprint density at radius 2 is 1.85 bits per heavy atom. The fourth-order valence-electron chi connectivity index (χ4n) is 3.42. The number of hydrogen-bond donors (Lipinski definition) is 1. The van der Waals surface area contributed by atoms with Gasteiger partial charge in [0.15, 0.2) is 0 Å². The van der Waals surface area contributed by atoms with Crippen LogP contribution in [0.25, 0.3) is 10.9 Å². The van der Waals surface area contributed by atoms with Gasteiger partial charge in [0.2, 0.25) is 6.43 Å². The summed E-state index contributed by atoms with van der Waals surface area (Å²) in [5, 5.41) is 10.8. The van der Waals surface area contributed by atoms with Crippen molar-refractivity contribution >= 4 is 10.9 Å². The summed E-state index contributed by atoms with van der Waals surface area (Å²) in [6, 6.07) is 17.4. The number of aryl methyl sites for hydroxylation is 1. The Kier molecular flexibility index (Phi) is 5.28. The minimum absolute atomic E-state index is 0.364. The van der Waals surface area contributed by atoms with Gasteiger partial charge in [0.05, 0.1) is 17.7 Å². The normalized spacial score (nSPS) is 13.9. The quantitative estimate of drug-likeness (QED) is 0.652. The number of nitrogens with zero attached hydrogens (tertiary/aromatic N) is 1. The molecule has 0 fully saturated rings. The SMILES string of the molecule is Cc1cc2ccc(OCc3ccccc3)cc2n1C(C)(CO)CC(F)F. The van der Waals surface area contributed by atoms with E-state index in [2.05, 4.69) is 0 Å². The minimum Gasteiger partial charge on any atom is -0.489 e. The second-order valence-corrected chi connectivity index (χ2v) is 6.87. The molecule has 0 saturated heterocycles. The predicted octanol–water partition coefficient (Wildman–Crippen LogP) is 4.89. The number of rotatable bonds is 7. The molecule has 0 spiro atoms. The van der Waals surface area contributed by atoms with Crippen LogP contribution in [0.2, 0.25) is 0 Å². The van der Waals surface area contributed by atoms with E-state index < -0.39 is 18.4 Å². The van der Waals surface area contributed by atoms with Gasteiger partial charge in [-0.3, -0.25) is 0 Å². The molecule has 26 heavy (non-hydrogen) atoms. The first-order valence-electron chi connectivity index (χ1n) is 8.61. The molecule has 0 amide bonds. The smallest absolute Gasteiger partial charge is 0.241 e. The van der Waals surface area contributed by atoms with E-state index in [0.717, 1.165) is 22.2 Å². The molecule has 3 nitrogen and oxygen atoms in total. The molecule has 3 rings (SSSR count). The first-order chi connectivity index (χ1) is 12.4. The maximum atomic E-state index is 13.1. The zero-order chi connectivity index (χ0) is 18.7. The molecule has 2 aromatic carbocycles. The van der Waals surface area contributed by atoms with E-state index >= 15 is 0 Å². The van der Waals surface area contributed by atoms with E-state index in [1.165, 1.54) is 0 Å². The van der Waals surface area contributed by atoms with Crippen LogP contribution >= 0.6 is 0 Å². The van der Waals surface area contributed by atoms with Crippen LogP contribution in [0.4, 0.5) is 8.78 Å². The molecule has 1 atom stereocenters. The Labute approximate surface area is 151 Å². The van der Waals surface area contributed by atoms with Crippen LogP contribution < -0.4 is 4.74 Å². The Bertz CT molecular complexity index is 876. The Balaban J connectivity index is 1.95. The maximum Gasteiger partial charge on any atom is 0.241 e. The molecular weight excluding hydrogens is 336 g/mol. The predicted molar refractivity (Wildman–Crippen MR) is 98.8 cm³/mol. The van der Waals surface area contributed by atoms with Crippen molar-refractivity contribution in [3.8, 4) is 5.75 Å². The molecule has 0 aliphatic rings. The summed E-state index contributed by atoms with van der Waals surface area (Å²) < 4.78 is 33.8. The highest BCUT2D eigenvalue weighted by atomic mass is 19.3. The molecule has 0 aliphatic heterocycles. The number of aliphatic hydroxyl groups excluding tert-OH is 1. The largest absolute Gasteiger partial charge is 0.489 e. The van der Waals surface area contributed by atoms with Crippen molar-refractivity contribution in [3.05, 3.63) is 65.9 Å². The van der Waals surface area contributed by atoms with Gasteiger partial charge >= 0.3 is 0 Å². The lowest BCUT2D eigenvalue weighted by molar-refractivity contribution is 0.0507. The van der Waals surface area contributed by atoms with Crippen molar-refractivity contribution in [2.24, 2.45) is 0 Å². The monoisotopic (exact) mass is 359 g/mol. The van der Waals surface area contributed by atoms with Gasteiger partial charge in [-0.05, 0) is 37.6 Å². The Morgan fingerprint density at radius 3 is 2.50 bits per heavy atom. The molecule has 1 unspecified atom stereocenters. The fraction of sp³-hybridized carbons (Fsp3) is 0.333. The summed E-state index contributed by atoms with van der Waals surface area (Å²) in [7, 11) is 0. The highest BCUT2D eigenvalue weighted by Crippen LogP contribution is 2.33. The molecule has 138 valence electrons. The molecule has 1 heterocycles. The van der Waals surface area contributed by atoms with Gasteiger partial charge in [0.25, 0.3) is 0 Å². The van der Waals surface area contributed by atoms with E-state index in [4.69, 9.17) is 4.74 Å². The lowest BCUT2D eigenvalue weighted by Crippen LogP contribution is -2.36. The van der Waals surface area contributed by atoms with Crippen molar-refractivity contribution < 1.29 is 18.6 Å². The summed E-state index contributed by atoms with van der Waals surface area (Å²) in [5.74, 6) is 0.665. The van der Waals surface area contributed by atoms with Gasteiger partial charge in [0.1, 0.15) is 12.4 Å². The van der Waals surface area contributed by atoms with Gasteiger partial charge in [-0.2, -0.15) is 0 Å². The zero-order valence-electron chi connectivity index (χ0n) is 15.0. The lowest BCUT2D eigenvalue weighted by Gasteiger charge is -2.32. The Hall–Kier alpha value is -2.40. The third-order valence-corrected chi connectivity index (χ3v) is 4.68. The third kappa shape index (κ3) is 3.73. The highest BCUT2D eigenvalue weighted by Gasteiger charge is 2.32. The van der Waals surface area contributed by atoms with Crippen LogP contribution in [-0.2, 0) is 12.1 Å². The summed E-state index contributed by atoms with van der Waals surface area (Å²) in [5.41, 5.74) is 1.60. The summed E-state index contributed by atoms with van der Waals surface area (Å²) in [6.07, 6.45) is -2.91. The second-order valence-electron chi connectivity index (χ2n) is 6.87. The second kappa shape index (κ2) is 7.46. The van der Waals surface area contributed by atoms with Crippen molar-refractivity contribution in [1.29, 1.82) is 0 Å². The molecule has 3 aromatic rings. The molecule has 0 bridgehead atoms. The molecule has 5 heteroatoms. The molecule has 1 N–H and O–H groups in total. The fourth-order valence-corrected chi connectivity index (χ4v) is 3.42. The average molecular weight is 359 g/mol. The number of hydrogen-bond acceptors (Lipinski definition) is 2. The molecule has 0 radical (unpaired) electrons. The van der Waals surface area contributed by atoms with Gasteiger partial charge in [-0.1, -0.05) is 30.3 Å². The number of fused-ring (bicyclic) bond motifs is 1. The number of aliphatic hydroxyl groups is 1. The summed E-state index contributed by atoms with van der Waals surface area (Å²) in [6.45, 7) is 3.59. The number of benzene rings is 2. The van der Waals surface area contributed by atoms with Crippen LogP contribution in [0.3, 0.4) is 0 Å². The van der Waals surface area contributed by atoms with Gasteiger partial charge in [-0.15, -0.1) is 0 Å². The Morgan fingerprint density at radius 1 is 1.12 bits per heavy atom. The first kappa shape index (κ1) is 18.4. The molecule has 1 aromatic heterocycles. The van der Waals surface area contributed by atoms with Crippen molar-refractivity contribution in [3.63, 3.8) is 0 Å². The summed E-state index contributed by atoms with van der Waals surface area (Å²) in [4.78, 5) is 0. The summed E-state index contributed by atoms with van der Waals surface area (Å²) >= 11 is 0. The first-order valence-corrected chi connectivity index (χ1v) is 8.61. The van der Waals surface area contributed by atoms with Gasteiger partial charge in [-0.25, -0.2) is 8.78 Å². The van der Waals surface area contributed by atoms with Crippen molar-refractivity contribution in [2.45, 2.75) is 38.8 Å². The van der Waals surface area contributed by atoms with Gasteiger partial charge < -0.3 is 14.4 Å². The molecular formula is C21H23F2NO2. The number of halogens is 2. The van der Waals surface area contributed by atoms with E-state index in [-0.39, 0.29) is 6.61 Å². The topological polar surface area (TPSA) is 34.4 Å². The van der Waals surface area contributed by atoms with E-state index in [0.29, 0.717) is 12.4 Å². The van der Waals surface area contributed by atoms with Crippen LogP contribution in [0.5, 0.6) is 5.75 Å². The average Bonchev–Trinajstić information content (AvgIpc) is 2.96. The van der Waals surface area contributed by atoms with Crippen molar-refractivity contribution in [2.75, 3.05) is 6.61 Å². The van der Waals surface area contributed by atoms with E-state index in [9.17, 15) is 13.9 Å². The minimum atomic E-state index is -2.50. The number of ether oxygens (including phenoxy) is 1. The van der Waals surface area contributed by atoms with Crippen LogP contribution in [-0.4, -0.2) is 22.7 Å². The van der Waals surface area contributed by atoms with Crippen LogP contribution in [0, 0.1) is 6.92 Å².